The Labute approximate surface area is 109 Å². The van der Waals surface area contributed by atoms with Crippen LogP contribution in [0.5, 0.6) is 0 Å². The molecule has 0 fully saturated rings. The molecule has 0 saturated carbocycles. The minimum absolute atomic E-state index is 0.0217. The summed E-state index contributed by atoms with van der Waals surface area (Å²) in [5.74, 6) is -0.551. The summed E-state index contributed by atoms with van der Waals surface area (Å²) >= 11 is 0. The van der Waals surface area contributed by atoms with E-state index in [2.05, 4.69) is 10.4 Å². The second kappa shape index (κ2) is 5.98. The number of aromatic nitrogens is 2. The number of aliphatic hydroxyl groups excluding tert-OH is 1. The van der Waals surface area contributed by atoms with Crippen molar-refractivity contribution in [1.82, 2.24) is 9.78 Å². The lowest BCUT2D eigenvalue weighted by Gasteiger charge is -2.13. The Bertz CT molecular complexity index is 577. The standard InChI is InChI=1S/C13H13FN4O/c14-13-3-2-11(6-10(13)7-15)16-8-12(19)9-18-5-1-4-17-18/h1-6,12,16,19H,8-9H2. The molecule has 1 unspecified atom stereocenters. The molecule has 2 rings (SSSR count). The maximum absolute atomic E-state index is 13.1. The topological polar surface area (TPSA) is 73.9 Å². The first-order valence-corrected chi connectivity index (χ1v) is 5.78. The molecular weight excluding hydrogens is 247 g/mol. The molecule has 98 valence electrons. The minimum atomic E-state index is -0.629. The van der Waals surface area contributed by atoms with Crippen LogP contribution in [0.4, 0.5) is 10.1 Å². The predicted octanol–water partition coefficient (Wildman–Crippen LogP) is 1.37. The number of rotatable bonds is 5. The number of anilines is 1. The van der Waals surface area contributed by atoms with E-state index in [0.717, 1.165) is 0 Å². The highest BCUT2D eigenvalue weighted by Crippen LogP contribution is 2.13. The van der Waals surface area contributed by atoms with Crippen LogP contribution in [0, 0.1) is 17.1 Å². The smallest absolute Gasteiger partial charge is 0.141 e. The Kier molecular flexibility index (Phi) is 4.11. The van der Waals surface area contributed by atoms with Crippen molar-refractivity contribution in [2.75, 3.05) is 11.9 Å². The average molecular weight is 260 g/mol. The maximum atomic E-state index is 13.1. The van der Waals surface area contributed by atoms with E-state index in [0.29, 0.717) is 12.2 Å². The van der Waals surface area contributed by atoms with E-state index in [9.17, 15) is 9.50 Å². The highest BCUT2D eigenvalue weighted by Gasteiger charge is 2.07. The number of hydrogen-bond donors (Lipinski definition) is 2. The summed E-state index contributed by atoms with van der Waals surface area (Å²) in [6.07, 6.45) is 2.77. The van der Waals surface area contributed by atoms with Gasteiger partial charge in [0.1, 0.15) is 11.9 Å². The third-order valence-electron chi connectivity index (χ3n) is 2.59. The number of nitrogens with one attached hydrogen (secondary N) is 1. The van der Waals surface area contributed by atoms with Gasteiger partial charge < -0.3 is 10.4 Å². The van der Waals surface area contributed by atoms with E-state index >= 15 is 0 Å². The van der Waals surface area contributed by atoms with Crippen LogP contribution in [-0.4, -0.2) is 27.5 Å². The molecule has 0 aliphatic heterocycles. The number of benzene rings is 1. The zero-order valence-corrected chi connectivity index (χ0v) is 10.1. The monoisotopic (exact) mass is 260 g/mol. The summed E-state index contributed by atoms with van der Waals surface area (Å²) in [7, 11) is 0. The van der Waals surface area contributed by atoms with Gasteiger partial charge in [-0.3, -0.25) is 4.68 Å². The van der Waals surface area contributed by atoms with Gasteiger partial charge in [-0.15, -0.1) is 0 Å². The number of halogens is 1. The Morgan fingerprint density at radius 1 is 1.53 bits per heavy atom. The molecule has 0 radical (unpaired) electrons. The summed E-state index contributed by atoms with van der Waals surface area (Å²) in [4.78, 5) is 0. The van der Waals surface area contributed by atoms with E-state index in [4.69, 9.17) is 5.26 Å². The molecule has 0 spiro atoms. The first-order chi connectivity index (χ1) is 9.19. The van der Waals surface area contributed by atoms with E-state index in [1.807, 2.05) is 0 Å². The van der Waals surface area contributed by atoms with Crippen LogP contribution < -0.4 is 5.32 Å². The zero-order chi connectivity index (χ0) is 13.7. The second-order valence-corrected chi connectivity index (χ2v) is 4.07. The first kappa shape index (κ1) is 13.1. The van der Waals surface area contributed by atoms with E-state index in [1.165, 1.54) is 18.2 Å². The molecule has 0 saturated heterocycles. The molecule has 1 heterocycles. The summed E-state index contributed by atoms with van der Waals surface area (Å²) in [5.41, 5.74) is 0.573. The van der Waals surface area contributed by atoms with Crippen LogP contribution in [0.25, 0.3) is 0 Å². The molecule has 0 bridgehead atoms. The lowest BCUT2D eigenvalue weighted by atomic mass is 10.2. The van der Waals surface area contributed by atoms with Gasteiger partial charge in [0.25, 0.3) is 0 Å². The molecule has 1 aromatic carbocycles. The number of nitriles is 1. The predicted molar refractivity (Wildman–Crippen MR) is 67.8 cm³/mol. The lowest BCUT2D eigenvalue weighted by molar-refractivity contribution is 0.161. The van der Waals surface area contributed by atoms with Crippen LogP contribution in [0.1, 0.15) is 5.56 Å². The second-order valence-electron chi connectivity index (χ2n) is 4.07. The van der Waals surface area contributed by atoms with Crippen LogP contribution in [0.3, 0.4) is 0 Å². The fourth-order valence-corrected chi connectivity index (χ4v) is 1.65. The Balaban J connectivity index is 1.90. The minimum Gasteiger partial charge on any atom is -0.389 e. The summed E-state index contributed by atoms with van der Waals surface area (Å²) in [6, 6.07) is 7.71. The van der Waals surface area contributed by atoms with Gasteiger partial charge in [0.15, 0.2) is 0 Å². The quantitative estimate of drug-likeness (QED) is 0.851. The normalized spacial score (nSPS) is 11.8. The molecule has 19 heavy (non-hydrogen) atoms. The SMILES string of the molecule is N#Cc1cc(NCC(O)Cn2cccn2)ccc1F. The van der Waals surface area contributed by atoms with Gasteiger partial charge in [-0.05, 0) is 24.3 Å². The summed E-state index contributed by atoms with van der Waals surface area (Å²) < 4.78 is 14.7. The van der Waals surface area contributed by atoms with E-state index in [-0.39, 0.29) is 12.1 Å². The summed E-state index contributed by atoms with van der Waals surface area (Å²) in [5, 5.41) is 25.4. The van der Waals surface area contributed by atoms with Crippen molar-refractivity contribution in [2.24, 2.45) is 0 Å². The van der Waals surface area contributed by atoms with Crippen LogP contribution in [0.15, 0.2) is 36.7 Å². The van der Waals surface area contributed by atoms with E-state index in [1.54, 1.807) is 29.2 Å². The van der Waals surface area contributed by atoms with Gasteiger partial charge in [-0.2, -0.15) is 10.4 Å². The van der Waals surface area contributed by atoms with Crippen LogP contribution in [-0.2, 0) is 6.54 Å². The zero-order valence-electron chi connectivity index (χ0n) is 10.1. The van der Waals surface area contributed by atoms with Crippen LogP contribution in [0.2, 0.25) is 0 Å². The Morgan fingerprint density at radius 2 is 2.37 bits per heavy atom. The highest BCUT2D eigenvalue weighted by atomic mass is 19.1. The third-order valence-corrected chi connectivity index (χ3v) is 2.59. The number of aliphatic hydroxyl groups is 1. The van der Waals surface area contributed by atoms with Crippen molar-refractivity contribution >= 4 is 5.69 Å². The van der Waals surface area contributed by atoms with Crippen molar-refractivity contribution in [1.29, 1.82) is 5.26 Å². The van der Waals surface area contributed by atoms with Gasteiger partial charge >= 0.3 is 0 Å². The molecule has 1 atom stereocenters. The summed E-state index contributed by atoms with van der Waals surface area (Å²) in [6.45, 7) is 0.655. The van der Waals surface area contributed by atoms with Gasteiger partial charge in [-0.1, -0.05) is 0 Å². The Hall–Kier alpha value is -2.39. The Morgan fingerprint density at radius 3 is 3.05 bits per heavy atom. The van der Waals surface area contributed by atoms with Crippen molar-refractivity contribution in [3.8, 4) is 6.07 Å². The highest BCUT2D eigenvalue weighted by molar-refractivity contribution is 5.49. The fourth-order valence-electron chi connectivity index (χ4n) is 1.65. The van der Waals surface area contributed by atoms with Gasteiger partial charge in [0.2, 0.25) is 0 Å². The van der Waals surface area contributed by atoms with Gasteiger partial charge in [0, 0.05) is 24.6 Å². The molecule has 0 amide bonds. The van der Waals surface area contributed by atoms with Crippen LogP contribution >= 0.6 is 0 Å². The average Bonchev–Trinajstić information content (AvgIpc) is 2.90. The van der Waals surface area contributed by atoms with E-state index < -0.39 is 11.9 Å². The van der Waals surface area contributed by atoms with Crippen molar-refractivity contribution < 1.29 is 9.50 Å². The van der Waals surface area contributed by atoms with Crippen molar-refractivity contribution in [3.05, 3.63) is 48.0 Å². The fraction of sp³-hybridized carbons (Fsp3) is 0.231. The first-order valence-electron chi connectivity index (χ1n) is 5.78. The molecule has 5 nitrogen and oxygen atoms in total. The molecular formula is C13H13FN4O. The maximum Gasteiger partial charge on any atom is 0.141 e. The number of hydrogen-bond acceptors (Lipinski definition) is 4. The molecule has 2 N–H and O–H groups in total. The van der Waals surface area contributed by atoms with Gasteiger partial charge in [-0.25, -0.2) is 4.39 Å². The molecule has 1 aromatic heterocycles. The molecule has 2 aromatic rings. The lowest BCUT2D eigenvalue weighted by Crippen LogP contribution is -2.25. The van der Waals surface area contributed by atoms with Crippen molar-refractivity contribution in [3.63, 3.8) is 0 Å². The van der Waals surface area contributed by atoms with Crippen molar-refractivity contribution in [2.45, 2.75) is 12.6 Å². The largest absolute Gasteiger partial charge is 0.389 e. The third kappa shape index (κ3) is 3.53. The number of nitrogens with zero attached hydrogens (tertiary/aromatic N) is 3. The molecule has 0 aliphatic carbocycles. The molecule has 0 aliphatic rings. The molecule has 6 heteroatoms. The van der Waals surface area contributed by atoms with Gasteiger partial charge in [0.05, 0.1) is 18.2 Å².